The Morgan fingerprint density at radius 1 is 1.44 bits per heavy atom. The molecule has 2 heterocycles. The summed E-state index contributed by atoms with van der Waals surface area (Å²) in [6, 6.07) is 0.00468. The average molecular weight is 267 g/mol. The average Bonchev–Trinajstić information content (AvgIpc) is 2.88. The topological polar surface area (TPSA) is 45.2 Å². The Hall–Kier alpha value is -0.940. The largest absolute Gasteiger partial charge is 0.347 e. The number of nitrogens with one attached hydrogen (secondary N) is 1. The fourth-order valence-electron chi connectivity index (χ4n) is 2.45. The van der Waals surface area contributed by atoms with Gasteiger partial charge in [0.1, 0.15) is 0 Å². The summed E-state index contributed by atoms with van der Waals surface area (Å²) in [4.78, 5) is 19.8. The van der Waals surface area contributed by atoms with Crippen molar-refractivity contribution in [3.63, 3.8) is 0 Å². The molecule has 1 aromatic rings. The lowest BCUT2D eigenvalue weighted by Gasteiger charge is -2.17. The minimum absolute atomic E-state index is 0.00468. The first-order chi connectivity index (χ1) is 8.56. The van der Waals surface area contributed by atoms with Crippen LogP contribution in [0, 0.1) is 13.8 Å². The van der Waals surface area contributed by atoms with Gasteiger partial charge in [-0.3, -0.25) is 9.69 Å². The molecule has 1 aromatic heterocycles. The zero-order valence-corrected chi connectivity index (χ0v) is 12.1. The first kappa shape index (κ1) is 13.5. The lowest BCUT2D eigenvalue weighted by molar-refractivity contribution is -0.122. The summed E-state index contributed by atoms with van der Waals surface area (Å²) in [6.45, 7) is 8.69. The lowest BCUT2D eigenvalue weighted by Crippen LogP contribution is -2.37. The number of likely N-dealkylation sites (tertiary alicyclic amines) is 1. The molecule has 1 fully saturated rings. The van der Waals surface area contributed by atoms with Crippen LogP contribution in [-0.2, 0) is 4.79 Å². The molecule has 2 rings (SSSR count). The van der Waals surface area contributed by atoms with Gasteiger partial charge in [-0.15, -0.1) is 11.3 Å². The predicted molar refractivity (Wildman–Crippen MR) is 73.8 cm³/mol. The summed E-state index contributed by atoms with van der Waals surface area (Å²) in [5.41, 5.74) is 1.01. The molecule has 1 unspecified atom stereocenters. The molecule has 1 atom stereocenters. The molecule has 0 aromatic carbocycles. The highest BCUT2D eigenvalue weighted by Crippen LogP contribution is 2.22. The molecule has 1 aliphatic heterocycles. The predicted octanol–water partition coefficient (Wildman–Crippen LogP) is 2.03. The van der Waals surface area contributed by atoms with E-state index in [1.54, 1.807) is 11.3 Å². The van der Waals surface area contributed by atoms with E-state index in [9.17, 15) is 4.79 Å². The van der Waals surface area contributed by atoms with Crippen LogP contribution in [0.2, 0.25) is 0 Å². The van der Waals surface area contributed by atoms with Crippen LogP contribution in [0.1, 0.15) is 41.4 Å². The Kier molecular flexibility index (Phi) is 4.35. The van der Waals surface area contributed by atoms with Gasteiger partial charge in [0.15, 0.2) is 0 Å². The summed E-state index contributed by atoms with van der Waals surface area (Å²) < 4.78 is 0. The summed E-state index contributed by atoms with van der Waals surface area (Å²) in [7, 11) is 0. The third-order valence-electron chi connectivity index (χ3n) is 3.29. The highest BCUT2D eigenvalue weighted by Gasteiger charge is 2.19. The van der Waals surface area contributed by atoms with Crippen LogP contribution in [-0.4, -0.2) is 35.4 Å². The van der Waals surface area contributed by atoms with E-state index >= 15 is 0 Å². The van der Waals surface area contributed by atoms with Crippen LogP contribution in [0.5, 0.6) is 0 Å². The second-order valence-corrected chi connectivity index (χ2v) is 6.35. The van der Waals surface area contributed by atoms with Gasteiger partial charge in [-0.1, -0.05) is 0 Å². The molecule has 4 nitrogen and oxygen atoms in total. The molecule has 1 amide bonds. The van der Waals surface area contributed by atoms with Crippen molar-refractivity contribution in [3.8, 4) is 0 Å². The minimum Gasteiger partial charge on any atom is -0.347 e. The first-order valence-electron chi connectivity index (χ1n) is 6.52. The van der Waals surface area contributed by atoms with Gasteiger partial charge in [0.2, 0.25) is 5.91 Å². The van der Waals surface area contributed by atoms with Gasteiger partial charge in [0, 0.05) is 4.88 Å². The Morgan fingerprint density at radius 2 is 2.11 bits per heavy atom. The number of aromatic nitrogens is 1. The molecular weight excluding hydrogens is 246 g/mol. The maximum Gasteiger partial charge on any atom is 0.234 e. The van der Waals surface area contributed by atoms with E-state index in [-0.39, 0.29) is 11.9 Å². The molecule has 1 N–H and O–H groups in total. The lowest BCUT2D eigenvalue weighted by atomic mass is 10.2. The fourth-order valence-corrected chi connectivity index (χ4v) is 3.36. The molecule has 0 spiro atoms. The van der Waals surface area contributed by atoms with Gasteiger partial charge >= 0.3 is 0 Å². The van der Waals surface area contributed by atoms with Crippen molar-refractivity contribution >= 4 is 17.2 Å². The molecule has 100 valence electrons. The molecule has 0 bridgehead atoms. The van der Waals surface area contributed by atoms with Crippen molar-refractivity contribution in [1.82, 2.24) is 15.2 Å². The maximum atomic E-state index is 11.9. The highest BCUT2D eigenvalue weighted by molar-refractivity contribution is 7.11. The molecular formula is C13H21N3OS. The van der Waals surface area contributed by atoms with Crippen LogP contribution in [0.25, 0.3) is 0 Å². The van der Waals surface area contributed by atoms with E-state index in [1.807, 2.05) is 13.8 Å². The van der Waals surface area contributed by atoms with Crippen LogP contribution in [0.4, 0.5) is 0 Å². The van der Waals surface area contributed by atoms with Crippen LogP contribution < -0.4 is 5.32 Å². The molecule has 0 saturated carbocycles. The van der Waals surface area contributed by atoms with E-state index in [0.717, 1.165) is 23.8 Å². The fraction of sp³-hybridized carbons (Fsp3) is 0.692. The number of aryl methyl sites for hydroxylation is 2. The standard InChI is InChI=1S/C13H21N3OS/c1-9(13-10(2)18-11(3)15-13)14-12(17)8-16-6-4-5-7-16/h9H,4-8H2,1-3H3,(H,14,17). The molecule has 18 heavy (non-hydrogen) atoms. The number of carbonyl (C=O) groups excluding carboxylic acids is 1. The quantitative estimate of drug-likeness (QED) is 0.908. The highest BCUT2D eigenvalue weighted by atomic mass is 32.1. The molecule has 0 aliphatic carbocycles. The maximum absolute atomic E-state index is 11.9. The van der Waals surface area contributed by atoms with E-state index < -0.39 is 0 Å². The third kappa shape index (κ3) is 3.29. The molecule has 1 aliphatic rings. The second-order valence-electron chi connectivity index (χ2n) is 4.95. The van der Waals surface area contributed by atoms with Gasteiger partial charge in [0.05, 0.1) is 23.3 Å². The van der Waals surface area contributed by atoms with Crippen molar-refractivity contribution in [2.24, 2.45) is 0 Å². The van der Waals surface area contributed by atoms with E-state index in [0.29, 0.717) is 6.54 Å². The third-order valence-corrected chi connectivity index (χ3v) is 4.19. The van der Waals surface area contributed by atoms with E-state index in [1.165, 1.54) is 17.7 Å². The van der Waals surface area contributed by atoms with Gasteiger partial charge in [-0.05, 0) is 46.7 Å². The van der Waals surface area contributed by atoms with Crippen molar-refractivity contribution in [1.29, 1.82) is 0 Å². The zero-order valence-electron chi connectivity index (χ0n) is 11.3. The van der Waals surface area contributed by atoms with Gasteiger partial charge in [-0.25, -0.2) is 4.98 Å². The smallest absolute Gasteiger partial charge is 0.234 e. The SMILES string of the molecule is Cc1nc(C(C)NC(=O)CN2CCCC2)c(C)s1. The van der Waals surface area contributed by atoms with E-state index in [4.69, 9.17) is 0 Å². The second kappa shape index (κ2) is 5.80. The number of amides is 1. The Morgan fingerprint density at radius 3 is 2.67 bits per heavy atom. The number of hydrogen-bond donors (Lipinski definition) is 1. The summed E-state index contributed by atoms with van der Waals surface area (Å²) in [6.07, 6.45) is 2.43. The van der Waals surface area contributed by atoms with Crippen LogP contribution >= 0.6 is 11.3 Å². The van der Waals surface area contributed by atoms with Gasteiger partial charge in [-0.2, -0.15) is 0 Å². The number of thiazole rings is 1. The summed E-state index contributed by atoms with van der Waals surface area (Å²) in [5.74, 6) is 0.106. The Bertz CT molecular complexity index is 424. The normalized spacial score (nSPS) is 17.9. The van der Waals surface area contributed by atoms with Gasteiger partial charge < -0.3 is 5.32 Å². The van der Waals surface area contributed by atoms with Gasteiger partial charge in [0.25, 0.3) is 0 Å². The van der Waals surface area contributed by atoms with Crippen LogP contribution in [0.3, 0.4) is 0 Å². The number of nitrogens with zero attached hydrogens (tertiary/aromatic N) is 2. The van der Waals surface area contributed by atoms with Crippen molar-refractivity contribution < 1.29 is 4.79 Å². The molecule has 0 radical (unpaired) electrons. The molecule has 5 heteroatoms. The Balaban J connectivity index is 1.88. The number of carbonyl (C=O) groups is 1. The number of hydrogen-bond acceptors (Lipinski definition) is 4. The van der Waals surface area contributed by atoms with Crippen molar-refractivity contribution in [2.75, 3.05) is 19.6 Å². The molecule has 1 saturated heterocycles. The monoisotopic (exact) mass is 267 g/mol. The van der Waals surface area contributed by atoms with Crippen LogP contribution in [0.15, 0.2) is 0 Å². The van der Waals surface area contributed by atoms with Crippen molar-refractivity contribution in [3.05, 3.63) is 15.6 Å². The first-order valence-corrected chi connectivity index (χ1v) is 7.33. The zero-order chi connectivity index (χ0) is 13.1. The summed E-state index contributed by atoms with van der Waals surface area (Å²) >= 11 is 1.68. The van der Waals surface area contributed by atoms with Crippen molar-refractivity contribution in [2.45, 2.75) is 39.7 Å². The van der Waals surface area contributed by atoms with E-state index in [2.05, 4.69) is 22.1 Å². The number of rotatable bonds is 4. The minimum atomic E-state index is 0.00468. The summed E-state index contributed by atoms with van der Waals surface area (Å²) in [5, 5.41) is 4.10. The Labute approximate surface area is 112 Å².